The molecule has 0 amide bonds. The van der Waals surface area contributed by atoms with Crippen LogP contribution in [0.15, 0.2) is 34.8 Å². The summed E-state index contributed by atoms with van der Waals surface area (Å²) in [7, 11) is 6.67. The van der Waals surface area contributed by atoms with Crippen molar-refractivity contribution >= 4 is 27.9 Å². The van der Waals surface area contributed by atoms with Gasteiger partial charge < -0.3 is 29.2 Å². The monoisotopic (exact) mass is 554 g/mol. The molecule has 35 heavy (non-hydrogen) atoms. The van der Waals surface area contributed by atoms with Crippen LogP contribution in [0.5, 0.6) is 23.0 Å². The van der Waals surface area contributed by atoms with Crippen molar-refractivity contribution < 1.29 is 38.7 Å². The summed E-state index contributed by atoms with van der Waals surface area (Å²) in [4.78, 5) is 23.1. The molecule has 0 atom stereocenters. The van der Waals surface area contributed by atoms with E-state index in [2.05, 4.69) is 37.9 Å². The zero-order valence-corrected chi connectivity index (χ0v) is 21.8. The number of carboxylic acids is 2. The van der Waals surface area contributed by atoms with Gasteiger partial charge >= 0.3 is 11.9 Å². The van der Waals surface area contributed by atoms with Crippen molar-refractivity contribution in [1.82, 2.24) is 9.80 Å². The Morgan fingerprint density at radius 1 is 0.743 bits per heavy atom. The van der Waals surface area contributed by atoms with Crippen LogP contribution in [0.2, 0.25) is 0 Å². The first-order chi connectivity index (χ1) is 16.7. The van der Waals surface area contributed by atoms with E-state index in [0.29, 0.717) is 5.75 Å². The van der Waals surface area contributed by atoms with Gasteiger partial charge in [-0.1, -0.05) is 6.07 Å². The molecule has 0 saturated carbocycles. The molecule has 0 unspecified atom stereocenters. The zero-order valence-electron chi connectivity index (χ0n) is 20.2. The summed E-state index contributed by atoms with van der Waals surface area (Å²) in [6.07, 6.45) is 0. The number of hydrogen-bond acceptors (Lipinski definition) is 8. The Kier molecular flexibility index (Phi) is 11.1. The van der Waals surface area contributed by atoms with Crippen molar-refractivity contribution in [2.24, 2.45) is 0 Å². The number of nitrogens with zero attached hydrogens (tertiary/aromatic N) is 2. The number of halogens is 1. The van der Waals surface area contributed by atoms with E-state index in [9.17, 15) is 0 Å². The Bertz CT molecular complexity index is 997. The molecular weight excluding hydrogens is 524 g/mol. The first-order valence-corrected chi connectivity index (χ1v) is 11.5. The molecule has 1 heterocycles. The van der Waals surface area contributed by atoms with Crippen molar-refractivity contribution in [3.63, 3.8) is 0 Å². The maximum Gasteiger partial charge on any atom is 0.414 e. The quantitative estimate of drug-likeness (QED) is 0.471. The highest BCUT2D eigenvalue weighted by atomic mass is 79.9. The van der Waals surface area contributed by atoms with Crippen molar-refractivity contribution in [3.8, 4) is 23.0 Å². The van der Waals surface area contributed by atoms with Crippen LogP contribution < -0.4 is 18.9 Å². The van der Waals surface area contributed by atoms with E-state index in [1.54, 1.807) is 28.4 Å². The van der Waals surface area contributed by atoms with Crippen LogP contribution in [-0.4, -0.2) is 86.6 Å². The smallest absolute Gasteiger partial charge is 0.414 e. The van der Waals surface area contributed by atoms with Gasteiger partial charge in [-0.25, -0.2) is 9.59 Å². The first-order valence-electron chi connectivity index (χ1n) is 10.7. The molecule has 0 spiro atoms. The molecule has 10 nitrogen and oxygen atoms in total. The minimum absolute atomic E-state index is 0.684. The molecule has 0 bridgehead atoms. The van der Waals surface area contributed by atoms with Crippen LogP contribution in [0.3, 0.4) is 0 Å². The van der Waals surface area contributed by atoms with Crippen LogP contribution in [0.1, 0.15) is 11.1 Å². The average Bonchev–Trinajstić information content (AvgIpc) is 2.85. The third kappa shape index (κ3) is 8.30. The summed E-state index contributed by atoms with van der Waals surface area (Å²) in [6, 6.07) is 10.2. The van der Waals surface area contributed by atoms with Gasteiger partial charge in [-0.2, -0.15) is 0 Å². The van der Waals surface area contributed by atoms with E-state index in [1.807, 2.05) is 18.2 Å². The maximum atomic E-state index is 9.10. The van der Waals surface area contributed by atoms with Gasteiger partial charge in [0.25, 0.3) is 0 Å². The van der Waals surface area contributed by atoms with Crippen molar-refractivity contribution in [2.45, 2.75) is 13.1 Å². The van der Waals surface area contributed by atoms with Gasteiger partial charge in [0.1, 0.15) is 11.5 Å². The molecule has 192 valence electrons. The Morgan fingerprint density at radius 3 is 1.69 bits per heavy atom. The van der Waals surface area contributed by atoms with Crippen molar-refractivity contribution in [3.05, 3.63) is 45.9 Å². The molecule has 2 aromatic carbocycles. The number of piperazine rings is 1. The predicted octanol–water partition coefficient (Wildman–Crippen LogP) is 2.96. The average molecular weight is 555 g/mol. The Hall–Kier alpha value is -3.02. The SMILES string of the molecule is COc1ccc(CN2CCN(Cc3cc(OC)c(OC)cc3OC)CC2)cc1Br.O=C(O)C(=O)O. The Labute approximate surface area is 213 Å². The second-order valence-electron chi connectivity index (χ2n) is 7.65. The molecule has 1 saturated heterocycles. The summed E-state index contributed by atoms with van der Waals surface area (Å²) in [6.45, 7) is 5.84. The summed E-state index contributed by atoms with van der Waals surface area (Å²) < 4.78 is 22.7. The van der Waals surface area contributed by atoms with Crippen molar-refractivity contribution in [2.75, 3.05) is 54.6 Å². The summed E-state index contributed by atoms with van der Waals surface area (Å²) in [5.41, 5.74) is 2.39. The van der Waals surface area contributed by atoms with Crippen molar-refractivity contribution in [1.29, 1.82) is 0 Å². The molecule has 2 N–H and O–H groups in total. The van der Waals surface area contributed by atoms with E-state index < -0.39 is 11.9 Å². The fourth-order valence-electron chi connectivity index (χ4n) is 3.63. The molecule has 0 aliphatic carbocycles. The number of carbonyl (C=O) groups is 2. The lowest BCUT2D eigenvalue weighted by atomic mass is 10.1. The molecular formula is C24H31BrN2O8. The summed E-state index contributed by atoms with van der Waals surface area (Å²) in [5, 5.41) is 14.8. The number of benzene rings is 2. The number of aliphatic carboxylic acids is 2. The molecule has 0 aromatic heterocycles. The minimum Gasteiger partial charge on any atom is -0.496 e. The topological polar surface area (TPSA) is 118 Å². The molecule has 0 radical (unpaired) electrons. The molecule has 1 aliphatic heterocycles. The fourth-order valence-corrected chi connectivity index (χ4v) is 4.22. The van der Waals surface area contributed by atoms with E-state index >= 15 is 0 Å². The van der Waals surface area contributed by atoms with Crippen LogP contribution >= 0.6 is 15.9 Å². The Morgan fingerprint density at radius 2 is 1.23 bits per heavy atom. The zero-order chi connectivity index (χ0) is 26.0. The normalized spacial score (nSPS) is 13.9. The maximum absolute atomic E-state index is 9.10. The lowest BCUT2D eigenvalue weighted by Crippen LogP contribution is -2.45. The van der Waals surface area contributed by atoms with Crippen LogP contribution in [0.25, 0.3) is 0 Å². The van der Waals surface area contributed by atoms with E-state index in [-0.39, 0.29) is 0 Å². The van der Waals surface area contributed by atoms with Gasteiger partial charge in [0.2, 0.25) is 0 Å². The highest BCUT2D eigenvalue weighted by molar-refractivity contribution is 9.10. The molecule has 2 aromatic rings. The largest absolute Gasteiger partial charge is 0.496 e. The standard InChI is InChI=1S/C22H29BrN2O4.C2H2O4/c1-26-19-6-5-16(11-18(19)23)14-24-7-9-25(10-8-24)15-17-12-21(28-3)22(29-4)13-20(17)27-2;3-1(4)2(5)6/h5-6,11-13H,7-10,14-15H2,1-4H3;(H,3,4)(H,5,6). The highest BCUT2D eigenvalue weighted by Crippen LogP contribution is 2.35. The van der Waals surface area contributed by atoms with Gasteiger partial charge in [0, 0.05) is 50.9 Å². The Balaban J connectivity index is 0.000000641. The van der Waals surface area contributed by atoms with Gasteiger partial charge in [-0.15, -0.1) is 0 Å². The number of carboxylic acid groups (broad SMARTS) is 2. The second kappa shape index (κ2) is 13.8. The number of ether oxygens (including phenoxy) is 4. The van der Waals surface area contributed by atoms with Crippen LogP contribution in [0, 0.1) is 0 Å². The lowest BCUT2D eigenvalue weighted by molar-refractivity contribution is -0.159. The van der Waals surface area contributed by atoms with E-state index in [1.165, 1.54) is 5.56 Å². The van der Waals surface area contributed by atoms with Gasteiger partial charge in [0.15, 0.2) is 11.5 Å². The number of hydrogen-bond donors (Lipinski definition) is 2. The minimum atomic E-state index is -1.82. The van der Waals surface area contributed by atoms with Crippen LogP contribution in [-0.2, 0) is 22.7 Å². The number of rotatable bonds is 8. The summed E-state index contributed by atoms with van der Waals surface area (Å²) in [5.74, 6) is -0.545. The predicted molar refractivity (Wildman–Crippen MR) is 133 cm³/mol. The van der Waals surface area contributed by atoms with Crippen LogP contribution in [0.4, 0.5) is 0 Å². The molecule has 11 heteroatoms. The molecule has 3 rings (SSSR count). The first kappa shape index (κ1) is 28.2. The third-order valence-corrected chi connectivity index (χ3v) is 6.07. The molecule has 1 fully saturated rings. The summed E-state index contributed by atoms with van der Waals surface area (Å²) >= 11 is 3.57. The number of methoxy groups -OCH3 is 4. The lowest BCUT2D eigenvalue weighted by Gasteiger charge is -2.35. The second-order valence-corrected chi connectivity index (χ2v) is 8.50. The van der Waals surface area contributed by atoms with Gasteiger partial charge in [-0.3, -0.25) is 9.80 Å². The molecule has 1 aliphatic rings. The van der Waals surface area contributed by atoms with Gasteiger partial charge in [0.05, 0.1) is 32.9 Å². The fraction of sp³-hybridized carbons (Fsp3) is 0.417. The van der Waals surface area contributed by atoms with E-state index in [0.717, 1.165) is 66.6 Å². The van der Waals surface area contributed by atoms with E-state index in [4.69, 9.17) is 38.7 Å². The third-order valence-electron chi connectivity index (χ3n) is 5.45. The highest BCUT2D eigenvalue weighted by Gasteiger charge is 2.20. The van der Waals surface area contributed by atoms with Gasteiger partial charge in [-0.05, 0) is 39.7 Å².